The van der Waals surface area contributed by atoms with Crippen LogP contribution in [-0.2, 0) is 6.61 Å². The Morgan fingerprint density at radius 2 is 1.61 bits per heavy atom. The van der Waals surface area contributed by atoms with Gasteiger partial charge < -0.3 is 4.74 Å². The first-order valence-corrected chi connectivity index (χ1v) is 10.8. The van der Waals surface area contributed by atoms with Gasteiger partial charge in [-0.2, -0.15) is 9.78 Å². The largest absolute Gasteiger partial charge is 0.472 e. The SMILES string of the molecule is N#Cc1ccccc1COc1nn2c(-c3ccccc3)nnc2c2c1C1CCC2CC1. The van der Waals surface area contributed by atoms with Crippen LogP contribution in [0.2, 0.25) is 0 Å². The molecule has 0 atom stereocenters. The van der Waals surface area contributed by atoms with Gasteiger partial charge in [0.2, 0.25) is 5.88 Å². The van der Waals surface area contributed by atoms with E-state index in [0.29, 0.717) is 29.9 Å². The van der Waals surface area contributed by atoms with Gasteiger partial charge in [0.25, 0.3) is 0 Å². The van der Waals surface area contributed by atoms with Crippen LogP contribution in [0.5, 0.6) is 5.88 Å². The number of rotatable bonds is 4. The van der Waals surface area contributed by atoms with Crippen LogP contribution in [0, 0.1) is 11.3 Å². The molecule has 152 valence electrons. The number of nitriles is 1. The molecule has 31 heavy (non-hydrogen) atoms. The molecule has 3 aliphatic carbocycles. The van der Waals surface area contributed by atoms with Crippen LogP contribution >= 0.6 is 0 Å². The first-order chi connectivity index (χ1) is 15.3. The molecule has 2 bridgehead atoms. The van der Waals surface area contributed by atoms with E-state index in [1.807, 2.05) is 59.1 Å². The molecule has 2 aromatic carbocycles. The van der Waals surface area contributed by atoms with Crippen molar-refractivity contribution in [2.75, 3.05) is 0 Å². The quantitative estimate of drug-likeness (QED) is 0.476. The molecule has 0 saturated heterocycles. The molecule has 0 N–H and O–H groups in total. The molecule has 7 rings (SSSR count). The summed E-state index contributed by atoms with van der Waals surface area (Å²) in [4.78, 5) is 0. The van der Waals surface area contributed by atoms with Crippen LogP contribution < -0.4 is 4.74 Å². The van der Waals surface area contributed by atoms with E-state index in [1.165, 1.54) is 36.8 Å². The van der Waals surface area contributed by atoms with Crippen molar-refractivity contribution in [3.05, 3.63) is 76.9 Å². The lowest BCUT2D eigenvalue weighted by Gasteiger charge is -2.38. The second-order valence-electron chi connectivity index (χ2n) is 8.36. The smallest absolute Gasteiger partial charge is 0.236 e. The minimum Gasteiger partial charge on any atom is -0.472 e. The Morgan fingerprint density at radius 3 is 2.39 bits per heavy atom. The van der Waals surface area contributed by atoms with Crippen LogP contribution in [-0.4, -0.2) is 19.8 Å². The summed E-state index contributed by atoms with van der Waals surface area (Å²) < 4.78 is 8.16. The highest BCUT2D eigenvalue weighted by Gasteiger charge is 2.39. The molecule has 0 radical (unpaired) electrons. The maximum atomic E-state index is 9.43. The van der Waals surface area contributed by atoms with Crippen molar-refractivity contribution in [3.8, 4) is 23.3 Å². The molecule has 4 aromatic rings. The lowest BCUT2D eigenvalue weighted by molar-refractivity contribution is 0.268. The Hall–Kier alpha value is -3.72. The monoisotopic (exact) mass is 407 g/mol. The van der Waals surface area contributed by atoms with Crippen molar-refractivity contribution in [2.24, 2.45) is 0 Å². The zero-order valence-corrected chi connectivity index (χ0v) is 17.0. The number of fused-ring (bicyclic) bond motifs is 3. The predicted octanol–water partition coefficient (Wildman–Crippen LogP) is 5.00. The minimum atomic E-state index is 0.314. The second kappa shape index (κ2) is 7.21. The zero-order valence-electron chi connectivity index (χ0n) is 17.0. The molecule has 1 fully saturated rings. The summed E-state index contributed by atoms with van der Waals surface area (Å²) in [5.41, 5.74) is 5.80. The normalized spacial score (nSPS) is 19.2. The third kappa shape index (κ3) is 2.89. The van der Waals surface area contributed by atoms with Crippen LogP contribution in [0.25, 0.3) is 17.0 Å². The average Bonchev–Trinajstić information content (AvgIpc) is 3.28. The van der Waals surface area contributed by atoms with Gasteiger partial charge in [-0.1, -0.05) is 48.5 Å². The number of aromatic nitrogens is 4. The van der Waals surface area contributed by atoms with Gasteiger partial charge in [-0.3, -0.25) is 0 Å². The maximum absolute atomic E-state index is 9.43. The van der Waals surface area contributed by atoms with Gasteiger partial charge in [-0.15, -0.1) is 15.3 Å². The highest BCUT2D eigenvalue weighted by molar-refractivity contribution is 5.65. The summed E-state index contributed by atoms with van der Waals surface area (Å²) in [7, 11) is 0. The van der Waals surface area contributed by atoms with Crippen LogP contribution in [0.4, 0.5) is 0 Å². The second-order valence-corrected chi connectivity index (χ2v) is 8.36. The highest BCUT2D eigenvalue weighted by atomic mass is 16.5. The van der Waals surface area contributed by atoms with Crippen LogP contribution in [0.15, 0.2) is 54.6 Å². The third-order valence-corrected chi connectivity index (χ3v) is 6.67. The van der Waals surface area contributed by atoms with Crippen molar-refractivity contribution in [2.45, 2.75) is 44.1 Å². The molecule has 0 aliphatic heterocycles. The minimum absolute atomic E-state index is 0.314. The predicted molar refractivity (Wildman–Crippen MR) is 116 cm³/mol. The van der Waals surface area contributed by atoms with Crippen molar-refractivity contribution in [1.29, 1.82) is 5.26 Å². The highest BCUT2D eigenvalue weighted by Crippen LogP contribution is 2.53. The fraction of sp³-hybridized carbons (Fsp3) is 0.280. The molecule has 0 spiro atoms. The lowest BCUT2D eigenvalue weighted by atomic mass is 9.67. The van der Waals surface area contributed by atoms with Gasteiger partial charge in [-0.05, 0) is 43.6 Å². The van der Waals surface area contributed by atoms with Gasteiger partial charge in [0, 0.05) is 22.3 Å². The van der Waals surface area contributed by atoms with Crippen molar-refractivity contribution < 1.29 is 4.74 Å². The molecule has 1 saturated carbocycles. The van der Waals surface area contributed by atoms with Crippen LogP contribution in [0.1, 0.15) is 59.8 Å². The van der Waals surface area contributed by atoms with E-state index in [9.17, 15) is 5.26 Å². The summed E-state index contributed by atoms with van der Waals surface area (Å²) in [5.74, 6) is 2.31. The zero-order chi connectivity index (χ0) is 20.8. The molecule has 2 aromatic heterocycles. The molecular formula is C25H21N5O. The van der Waals surface area contributed by atoms with Gasteiger partial charge >= 0.3 is 0 Å². The van der Waals surface area contributed by atoms with E-state index in [0.717, 1.165) is 22.6 Å². The van der Waals surface area contributed by atoms with E-state index in [-0.39, 0.29) is 0 Å². The first-order valence-electron chi connectivity index (χ1n) is 10.8. The molecular weight excluding hydrogens is 386 g/mol. The molecule has 3 aliphatic rings. The Kier molecular flexibility index (Phi) is 4.20. The number of benzene rings is 2. The van der Waals surface area contributed by atoms with Crippen LogP contribution in [0.3, 0.4) is 0 Å². The topological polar surface area (TPSA) is 76.1 Å². The molecule has 0 unspecified atom stereocenters. The summed E-state index contributed by atoms with van der Waals surface area (Å²) >= 11 is 0. The maximum Gasteiger partial charge on any atom is 0.236 e. The molecule has 0 amide bonds. The molecule has 2 heterocycles. The van der Waals surface area contributed by atoms with Crippen molar-refractivity contribution >= 4 is 5.65 Å². The lowest BCUT2D eigenvalue weighted by Crippen LogP contribution is -2.25. The van der Waals surface area contributed by atoms with Crippen molar-refractivity contribution in [3.63, 3.8) is 0 Å². The van der Waals surface area contributed by atoms with Gasteiger partial charge in [0.1, 0.15) is 6.61 Å². The number of hydrogen-bond acceptors (Lipinski definition) is 5. The first kappa shape index (κ1) is 18.1. The number of nitrogens with zero attached hydrogens (tertiary/aromatic N) is 5. The number of hydrogen-bond donors (Lipinski definition) is 0. The molecule has 6 nitrogen and oxygen atoms in total. The Labute approximate surface area is 180 Å². The van der Waals surface area contributed by atoms with E-state index in [4.69, 9.17) is 9.84 Å². The Bertz CT molecular complexity index is 1310. The van der Waals surface area contributed by atoms with Crippen molar-refractivity contribution in [1.82, 2.24) is 19.8 Å². The standard InChI is InChI=1S/C25H21N5O/c26-14-19-8-4-5-9-20(19)15-31-25-22-17-12-10-16(11-13-17)21(22)24-28-27-23(30(24)29-25)18-6-2-1-3-7-18/h1-9,16-17H,10-13,15H2. The Morgan fingerprint density at radius 1 is 0.903 bits per heavy atom. The molecule has 6 heteroatoms. The fourth-order valence-electron chi connectivity index (χ4n) is 5.17. The summed E-state index contributed by atoms with van der Waals surface area (Å²) in [6.45, 7) is 0.314. The van der Waals surface area contributed by atoms with Gasteiger partial charge in [0.05, 0.1) is 11.6 Å². The summed E-state index contributed by atoms with van der Waals surface area (Å²) in [5, 5.41) is 23.4. The van der Waals surface area contributed by atoms with E-state index >= 15 is 0 Å². The van der Waals surface area contributed by atoms with Gasteiger partial charge in [-0.25, -0.2) is 0 Å². The van der Waals surface area contributed by atoms with E-state index < -0.39 is 0 Å². The van der Waals surface area contributed by atoms with Gasteiger partial charge in [0.15, 0.2) is 11.5 Å². The Balaban J connectivity index is 1.50. The van der Waals surface area contributed by atoms with E-state index in [2.05, 4.69) is 16.3 Å². The summed E-state index contributed by atoms with van der Waals surface area (Å²) in [6.07, 6.45) is 4.70. The van der Waals surface area contributed by atoms with E-state index in [1.54, 1.807) is 0 Å². The number of ether oxygens (including phenoxy) is 1. The third-order valence-electron chi connectivity index (χ3n) is 6.67. The fourth-order valence-corrected chi connectivity index (χ4v) is 5.17. The summed E-state index contributed by atoms with van der Waals surface area (Å²) in [6, 6.07) is 19.8. The average molecular weight is 407 g/mol.